The van der Waals surface area contributed by atoms with Gasteiger partial charge in [-0.3, -0.25) is 0 Å². The first-order valence-electron chi connectivity index (χ1n) is 5.62. The topological polar surface area (TPSA) is 70.5 Å². The SMILES string of the molecule is NC(=S)Oc1ccccc1.NC(=S)Oc1ccccc1. The summed E-state index contributed by atoms with van der Waals surface area (Å²) in [5, 5.41) is 0.0948. The Bertz CT molecular complexity index is 496. The van der Waals surface area contributed by atoms with Gasteiger partial charge in [0.1, 0.15) is 11.5 Å². The predicted octanol–water partition coefficient (Wildman–Crippen LogP) is 2.62. The van der Waals surface area contributed by atoms with Crippen LogP contribution in [0.2, 0.25) is 0 Å². The largest absolute Gasteiger partial charge is 0.432 e. The molecule has 0 unspecified atom stereocenters. The van der Waals surface area contributed by atoms with E-state index < -0.39 is 0 Å². The molecule has 0 saturated carbocycles. The molecule has 0 amide bonds. The first-order valence-corrected chi connectivity index (χ1v) is 6.44. The molecule has 20 heavy (non-hydrogen) atoms. The van der Waals surface area contributed by atoms with E-state index in [-0.39, 0.29) is 10.3 Å². The van der Waals surface area contributed by atoms with E-state index in [2.05, 4.69) is 24.4 Å². The number of rotatable bonds is 2. The Morgan fingerprint density at radius 1 is 0.650 bits per heavy atom. The highest BCUT2D eigenvalue weighted by atomic mass is 32.1. The summed E-state index contributed by atoms with van der Waals surface area (Å²) in [6.07, 6.45) is 0. The minimum absolute atomic E-state index is 0.0474. The summed E-state index contributed by atoms with van der Waals surface area (Å²) in [5.74, 6) is 1.35. The van der Waals surface area contributed by atoms with Gasteiger partial charge in [-0.15, -0.1) is 0 Å². The number of thiocarbonyl (C=S) groups is 2. The summed E-state index contributed by atoms with van der Waals surface area (Å²) in [7, 11) is 0. The highest BCUT2D eigenvalue weighted by Crippen LogP contribution is 2.07. The second-order valence-electron chi connectivity index (χ2n) is 3.47. The van der Waals surface area contributed by atoms with E-state index in [1.54, 1.807) is 24.3 Å². The van der Waals surface area contributed by atoms with Gasteiger partial charge in [-0.05, 0) is 48.7 Å². The van der Waals surface area contributed by atoms with E-state index in [9.17, 15) is 0 Å². The van der Waals surface area contributed by atoms with Gasteiger partial charge in [0.05, 0.1) is 0 Å². The standard InChI is InChI=1S/2C7H7NOS/c2*8-7(10)9-6-4-2-1-3-5-6/h2*1-5H,(H2,8,10). The number of hydrogen-bond acceptors (Lipinski definition) is 4. The molecule has 0 aliphatic heterocycles. The first kappa shape index (κ1) is 15.9. The van der Waals surface area contributed by atoms with Crippen LogP contribution < -0.4 is 20.9 Å². The third-order valence-electron chi connectivity index (χ3n) is 1.92. The van der Waals surface area contributed by atoms with Crippen molar-refractivity contribution in [1.82, 2.24) is 0 Å². The number of hydrogen-bond donors (Lipinski definition) is 2. The smallest absolute Gasteiger partial charge is 0.259 e. The van der Waals surface area contributed by atoms with Crippen LogP contribution in [0.1, 0.15) is 0 Å². The molecule has 4 N–H and O–H groups in total. The molecule has 0 saturated heterocycles. The van der Waals surface area contributed by atoms with Gasteiger partial charge in [-0.25, -0.2) is 0 Å². The zero-order valence-electron chi connectivity index (χ0n) is 10.6. The van der Waals surface area contributed by atoms with Gasteiger partial charge < -0.3 is 20.9 Å². The second kappa shape index (κ2) is 8.84. The molecule has 0 fully saturated rings. The Morgan fingerprint density at radius 2 is 0.950 bits per heavy atom. The molecule has 0 heterocycles. The van der Waals surface area contributed by atoms with Crippen LogP contribution in [0.25, 0.3) is 0 Å². The van der Waals surface area contributed by atoms with Crippen molar-refractivity contribution in [2.75, 3.05) is 0 Å². The molecule has 0 bridgehead atoms. The van der Waals surface area contributed by atoms with E-state index in [0.717, 1.165) is 0 Å². The Balaban J connectivity index is 0.000000200. The zero-order chi connectivity index (χ0) is 14.8. The van der Waals surface area contributed by atoms with E-state index in [4.69, 9.17) is 20.9 Å². The quantitative estimate of drug-likeness (QED) is 0.831. The van der Waals surface area contributed by atoms with Crippen LogP contribution in [0.15, 0.2) is 60.7 Å². The number of benzene rings is 2. The Labute approximate surface area is 128 Å². The van der Waals surface area contributed by atoms with Crippen molar-refractivity contribution in [1.29, 1.82) is 0 Å². The van der Waals surface area contributed by atoms with Gasteiger partial charge in [0.15, 0.2) is 0 Å². The molecule has 2 rings (SSSR count). The molecule has 0 aliphatic rings. The van der Waals surface area contributed by atoms with Crippen LogP contribution in [0.4, 0.5) is 0 Å². The van der Waals surface area contributed by atoms with Crippen molar-refractivity contribution in [2.45, 2.75) is 0 Å². The number of ether oxygens (including phenoxy) is 2. The van der Waals surface area contributed by atoms with E-state index in [0.29, 0.717) is 11.5 Å². The van der Waals surface area contributed by atoms with Crippen LogP contribution in [-0.2, 0) is 0 Å². The lowest BCUT2D eigenvalue weighted by Gasteiger charge is -1.99. The van der Waals surface area contributed by atoms with Crippen molar-refractivity contribution in [3.8, 4) is 11.5 Å². The second-order valence-corrected chi connectivity index (χ2v) is 4.27. The summed E-state index contributed by atoms with van der Waals surface area (Å²) in [4.78, 5) is 0. The minimum Gasteiger partial charge on any atom is -0.432 e. The van der Waals surface area contributed by atoms with Crippen LogP contribution >= 0.6 is 24.4 Å². The highest BCUT2D eigenvalue weighted by Gasteiger charge is 1.91. The van der Waals surface area contributed by atoms with Gasteiger partial charge in [0.2, 0.25) is 0 Å². The summed E-state index contributed by atoms with van der Waals surface area (Å²) >= 11 is 9.07. The molecule has 104 valence electrons. The molecule has 0 atom stereocenters. The first-order chi connectivity index (χ1) is 9.58. The van der Waals surface area contributed by atoms with Gasteiger partial charge in [0.25, 0.3) is 10.3 Å². The molecule has 0 aromatic heterocycles. The van der Waals surface area contributed by atoms with E-state index in [1.807, 2.05) is 36.4 Å². The van der Waals surface area contributed by atoms with Crippen molar-refractivity contribution >= 4 is 34.8 Å². The average molecular weight is 306 g/mol. The molecular weight excluding hydrogens is 292 g/mol. The number of nitrogens with two attached hydrogens (primary N) is 2. The van der Waals surface area contributed by atoms with Crippen LogP contribution in [0.3, 0.4) is 0 Å². The lowest BCUT2D eigenvalue weighted by Crippen LogP contribution is -2.15. The molecule has 2 aromatic carbocycles. The van der Waals surface area contributed by atoms with Crippen molar-refractivity contribution in [3.05, 3.63) is 60.7 Å². The Kier molecular flexibility index (Phi) is 7.02. The summed E-state index contributed by atoms with van der Waals surface area (Å²) in [6, 6.07) is 18.4. The van der Waals surface area contributed by atoms with Crippen LogP contribution in [0.5, 0.6) is 11.5 Å². The monoisotopic (exact) mass is 306 g/mol. The third-order valence-corrected chi connectivity index (χ3v) is 2.09. The van der Waals surface area contributed by atoms with Gasteiger partial charge in [0, 0.05) is 0 Å². The average Bonchev–Trinajstić information content (AvgIpc) is 2.40. The fourth-order valence-electron chi connectivity index (χ4n) is 1.21. The van der Waals surface area contributed by atoms with Crippen molar-refractivity contribution in [3.63, 3.8) is 0 Å². The minimum atomic E-state index is 0.0474. The van der Waals surface area contributed by atoms with Crippen LogP contribution in [0, 0.1) is 0 Å². The highest BCUT2D eigenvalue weighted by molar-refractivity contribution is 7.80. The Hall–Kier alpha value is -2.18. The molecule has 0 spiro atoms. The number of para-hydroxylation sites is 2. The van der Waals surface area contributed by atoms with Crippen LogP contribution in [-0.4, -0.2) is 10.3 Å². The molecule has 6 heteroatoms. The molecule has 0 aliphatic carbocycles. The molecule has 2 aromatic rings. The van der Waals surface area contributed by atoms with Gasteiger partial charge in [-0.1, -0.05) is 36.4 Å². The predicted molar refractivity (Wildman–Crippen MR) is 87.7 cm³/mol. The molecule has 4 nitrogen and oxygen atoms in total. The maximum atomic E-state index is 5.13. The van der Waals surface area contributed by atoms with Gasteiger partial charge >= 0.3 is 0 Å². The Morgan fingerprint density at radius 3 is 1.20 bits per heavy atom. The molecule has 0 radical (unpaired) electrons. The van der Waals surface area contributed by atoms with E-state index in [1.165, 1.54) is 0 Å². The van der Waals surface area contributed by atoms with Crippen molar-refractivity contribution < 1.29 is 9.47 Å². The fraction of sp³-hybridized carbons (Fsp3) is 0. The van der Waals surface area contributed by atoms with E-state index >= 15 is 0 Å². The zero-order valence-corrected chi connectivity index (χ0v) is 12.2. The normalized spacial score (nSPS) is 8.80. The molecular formula is C14H14N2O2S2. The maximum Gasteiger partial charge on any atom is 0.259 e. The summed E-state index contributed by atoms with van der Waals surface area (Å²) in [6.45, 7) is 0. The lowest BCUT2D eigenvalue weighted by atomic mass is 10.3. The summed E-state index contributed by atoms with van der Waals surface area (Å²) < 4.78 is 9.85. The summed E-state index contributed by atoms with van der Waals surface area (Å²) in [5.41, 5.74) is 10.3. The third kappa shape index (κ3) is 7.30. The fourth-order valence-corrected chi connectivity index (χ4v) is 1.40. The lowest BCUT2D eigenvalue weighted by molar-refractivity contribution is 0.557. The van der Waals surface area contributed by atoms with Crippen molar-refractivity contribution in [2.24, 2.45) is 11.5 Å². The maximum absolute atomic E-state index is 5.13. The van der Waals surface area contributed by atoms with Gasteiger partial charge in [-0.2, -0.15) is 0 Å².